The van der Waals surface area contributed by atoms with Crippen LogP contribution in [0.4, 0.5) is 0 Å². The van der Waals surface area contributed by atoms with Crippen LogP contribution in [0.3, 0.4) is 0 Å². The molecule has 0 spiro atoms. The molecular formula is C18H26N6O. The minimum Gasteiger partial charge on any atom is -0.355 e. The van der Waals surface area contributed by atoms with Crippen LogP contribution in [-0.2, 0) is 11.2 Å². The normalized spacial score (nSPS) is 18.4. The molecule has 1 aliphatic heterocycles. The van der Waals surface area contributed by atoms with E-state index in [1.54, 1.807) is 11.0 Å². The number of tetrazole rings is 1. The molecule has 1 atom stereocenters. The van der Waals surface area contributed by atoms with E-state index in [0.29, 0.717) is 18.4 Å². The van der Waals surface area contributed by atoms with Gasteiger partial charge in [-0.2, -0.15) is 0 Å². The number of likely N-dealkylation sites (tertiary alicyclic amines) is 1. The quantitative estimate of drug-likeness (QED) is 0.860. The van der Waals surface area contributed by atoms with Gasteiger partial charge >= 0.3 is 0 Å². The van der Waals surface area contributed by atoms with Crippen LogP contribution >= 0.6 is 0 Å². The Balaban J connectivity index is 1.46. The van der Waals surface area contributed by atoms with Crippen LogP contribution in [0.1, 0.15) is 32.3 Å². The molecule has 1 fully saturated rings. The van der Waals surface area contributed by atoms with Gasteiger partial charge in [-0.05, 0) is 67.3 Å². The van der Waals surface area contributed by atoms with E-state index in [2.05, 4.69) is 39.6 Å². The Morgan fingerprint density at radius 1 is 1.32 bits per heavy atom. The van der Waals surface area contributed by atoms with Crippen LogP contribution in [-0.4, -0.2) is 56.7 Å². The van der Waals surface area contributed by atoms with Crippen LogP contribution in [0.15, 0.2) is 30.6 Å². The average molecular weight is 342 g/mol. The summed E-state index contributed by atoms with van der Waals surface area (Å²) in [6.07, 6.45) is 4.37. The molecular weight excluding hydrogens is 316 g/mol. The fourth-order valence-electron chi connectivity index (χ4n) is 3.29. The number of benzene rings is 1. The number of nitrogens with zero attached hydrogens (tertiary/aromatic N) is 5. The summed E-state index contributed by atoms with van der Waals surface area (Å²) in [4.78, 5) is 14.7. The molecule has 7 nitrogen and oxygen atoms in total. The zero-order valence-corrected chi connectivity index (χ0v) is 14.9. The number of rotatable bonds is 6. The van der Waals surface area contributed by atoms with Crippen molar-refractivity contribution < 1.29 is 4.79 Å². The lowest BCUT2D eigenvalue weighted by Gasteiger charge is -2.35. The maximum absolute atomic E-state index is 12.2. The van der Waals surface area contributed by atoms with Gasteiger partial charge < -0.3 is 10.2 Å². The third-order valence-electron chi connectivity index (χ3n) is 4.78. The standard InChI is InChI=1S/C18H26N6O/c1-14(2)23-9-3-4-16(12-23)11-19-18(25)10-15-5-7-17(8-6-15)24-13-20-21-22-24/h5-8,13-14,16H,3-4,9-12H2,1-2H3,(H,19,25)/t16-/m1/s1. The van der Waals surface area contributed by atoms with Crippen molar-refractivity contribution in [2.24, 2.45) is 5.92 Å². The highest BCUT2D eigenvalue weighted by Gasteiger charge is 2.21. The summed E-state index contributed by atoms with van der Waals surface area (Å²) >= 11 is 0. The second-order valence-electron chi connectivity index (χ2n) is 7.00. The molecule has 1 amide bonds. The van der Waals surface area contributed by atoms with Crippen molar-refractivity contribution in [2.45, 2.75) is 39.2 Å². The van der Waals surface area contributed by atoms with Crippen LogP contribution in [0.25, 0.3) is 5.69 Å². The van der Waals surface area contributed by atoms with Crippen molar-refractivity contribution in [3.63, 3.8) is 0 Å². The third-order valence-corrected chi connectivity index (χ3v) is 4.78. The number of carbonyl (C=O) groups is 1. The van der Waals surface area contributed by atoms with Gasteiger partial charge in [0.15, 0.2) is 0 Å². The Bertz CT molecular complexity index is 667. The SMILES string of the molecule is CC(C)N1CCC[C@H](CNC(=O)Cc2ccc(-n3cnnn3)cc2)C1. The molecule has 7 heteroatoms. The Morgan fingerprint density at radius 3 is 2.80 bits per heavy atom. The number of nitrogens with one attached hydrogen (secondary N) is 1. The van der Waals surface area contributed by atoms with E-state index in [-0.39, 0.29) is 5.91 Å². The molecule has 0 bridgehead atoms. The zero-order valence-electron chi connectivity index (χ0n) is 14.9. The molecule has 0 radical (unpaired) electrons. The number of piperidine rings is 1. The predicted molar refractivity (Wildman–Crippen MR) is 95.3 cm³/mol. The minimum atomic E-state index is 0.0804. The molecule has 1 saturated heterocycles. The van der Waals surface area contributed by atoms with Gasteiger partial charge in [-0.3, -0.25) is 4.79 Å². The first-order valence-corrected chi connectivity index (χ1v) is 8.95. The highest BCUT2D eigenvalue weighted by atomic mass is 16.1. The first-order chi connectivity index (χ1) is 12.1. The highest BCUT2D eigenvalue weighted by molar-refractivity contribution is 5.78. The molecule has 3 rings (SSSR count). The van der Waals surface area contributed by atoms with Crippen molar-refractivity contribution in [1.29, 1.82) is 0 Å². The van der Waals surface area contributed by atoms with E-state index in [4.69, 9.17) is 0 Å². The van der Waals surface area contributed by atoms with Gasteiger partial charge in [-0.25, -0.2) is 4.68 Å². The monoisotopic (exact) mass is 342 g/mol. The van der Waals surface area contributed by atoms with E-state index in [1.807, 2.05) is 24.3 Å². The van der Waals surface area contributed by atoms with Crippen molar-refractivity contribution in [3.8, 4) is 5.69 Å². The van der Waals surface area contributed by atoms with Gasteiger partial charge in [-0.1, -0.05) is 12.1 Å². The van der Waals surface area contributed by atoms with Gasteiger partial charge in [-0.15, -0.1) is 5.10 Å². The summed E-state index contributed by atoms with van der Waals surface area (Å²) in [6.45, 7) is 7.50. The molecule has 2 heterocycles. The lowest BCUT2D eigenvalue weighted by atomic mass is 9.97. The summed E-state index contributed by atoms with van der Waals surface area (Å²) < 4.78 is 1.59. The maximum Gasteiger partial charge on any atom is 0.224 e. The van der Waals surface area contributed by atoms with Crippen LogP contribution in [0, 0.1) is 5.92 Å². The molecule has 1 aliphatic rings. The smallest absolute Gasteiger partial charge is 0.224 e. The number of carbonyl (C=O) groups excluding carboxylic acids is 1. The van der Waals surface area contributed by atoms with Crippen molar-refractivity contribution >= 4 is 5.91 Å². The average Bonchev–Trinajstić information content (AvgIpc) is 3.15. The lowest BCUT2D eigenvalue weighted by molar-refractivity contribution is -0.120. The van der Waals surface area contributed by atoms with Gasteiger partial charge in [0.1, 0.15) is 6.33 Å². The summed E-state index contributed by atoms with van der Waals surface area (Å²) in [5, 5.41) is 14.2. The van der Waals surface area contributed by atoms with Crippen molar-refractivity contribution in [3.05, 3.63) is 36.2 Å². The molecule has 1 aromatic heterocycles. The van der Waals surface area contributed by atoms with Crippen LogP contribution in [0.2, 0.25) is 0 Å². The van der Waals surface area contributed by atoms with Crippen LogP contribution < -0.4 is 5.32 Å². The predicted octanol–water partition coefficient (Wildman–Crippen LogP) is 1.44. The fraction of sp³-hybridized carbons (Fsp3) is 0.556. The number of aromatic nitrogens is 4. The van der Waals surface area contributed by atoms with E-state index in [9.17, 15) is 4.79 Å². The lowest BCUT2D eigenvalue weighted by Crippen LogP contribution is -2.43. The second-order valence-corrected chi connectivity index (χ2v) is 7.00. The number of amides is 1. The molecule has 0 saturated carbocycles. The summed E-state index contributed by atoms with van der Waals surface area (Å²) in [5.41, 5.74) is 1.87. The largest absolute Gasteiger partial charge is 0.355 e. The zero-order chi connectivity index (χ0) is 17.6. The first kappa shape index (κ1) is 17.5. The summed E-state index contributed by atoms with van der Waals surface area (Å²) in [7, 11) is 0. The Kier molecular flexibility index (Phi) is 5.75. The van der Waals surface area contributed by atoms with E-state index < -0.39 is 0 Å². The molecule has 0 unspecified atom stereocenters. The maximum atomic E-state index is 12.2. The van der Waals surface area contributed by atoms with E-state index in [0.717, 1.165) is 24.3 Å². The Hall–Kier alpha value is -2.28. The Labute approximate surface area is 148 Å². The molecule has 25 heavy (non-hydrogen) atoms. The topological polar surface area (TPSA) is 75.9 Å². The van der Waals surface area contributed by atoms with Gasteiger partial charge in [0, 0.05) is 19.1 Å². The highest BCUT2D eigenvalue weighted by Crippen LogP contribution is 2.17. The van der Waals surface area contributed by atoms with Gasteiger partial charge in [0.25, 0.3) is 0 Å². The third kappa shape index (κ3) is 4.85. The molecule has 1 N–H and O–H groups in total. The summed E-state index contributed by atoms with van der Waals surface area (Å²) in [6, 6.07) is 8.30. The van der Waals surface area contributed by atoms with Gasteiger partial charge in [0.2, 0.25) is 5.91 Å². The van der Waals surface area contributed by atoms with E-state index >= 15 is 0 Å². The second kappa shape index (κ2) is 8.20. The molecule has 134 valence electrons. The first-order valence-electron chi connectivity index (χ1n) is 8.95. The summed E-state index contributed by atoms with van der Waals surface area (Å²) in [5.74, 6) is 0.638. The van der Waals surface area contributed by atoms with Crippen molar-refractivity contribution in [1.82, 2.24) is 30.4 Å². The Morgan fingerprint density at radius 2 is 2.12 bits per heavy atom. The number of hydrogen-bond donors (Lipinski definition) is 1. The van der Waals surface area contributed by atoms with Gasteiger partial charge in [0.05, 0.1) is 12.1 Å². The van der Waals surface area contributed by atoms with Crippen molar-refractivity contribution in [2.75, 3.05) is 19.6 Å². The van der Waals surface area contributed by atoms with Crippen LogP contribution in [0.5, 0.6) is 0 Å². The molecule has 2 aromatic rings. The molecule has 1 aromatic carbocycles. The van der Waals surface area contributed by atoms with E-state index in [1.165, 1.54) is 19.4 Å². The minimum absolute atomic E-state index is 0.0804. The fourth-order valence-corrected chi connectivity index (χ4v) is 3.29. The number of hydrogen-bond acceptors (Lipinski definition) is 5. The molecule has 0 aliphatic carbocycles.